The van der Waals surface area contributed by atoms with Crippen LogP contribution >= 0.6 is 24.0 Å². The van der Waals surface area contributed by atoms with Crippen LogP contribution in [0.5, 0.6) is 0 Å². The molecule has 0 amide bonds. The van der Waals surface area contributed by atoms with Gasteiger partial charge in [-0.2, -0.15) is 0 Å². The molecule has 1 nitrogen and oxygen atoms in total. The Balaban J connectivity index is 0.00000196. The highest BCUT2D eigenvalue weighted by Gasteiger charge is 2.18. The van der Waals surface area contributed by atoms with Crippen molar-refractivity contribution < 1.29 is 13.2 Å². The molecule has 0 spiro atoms. The van der Waals surface area contributed by atoms with E-state index in [4.69, 9.17) is 17.3 Å². The van der Waals surface area contributed by atoms with Crippen LogP contribution in [0.3, 0.4) is 0 Å². The summed E-state index contributed by atoms with van der Waals surface area (Å²) in [6.07, 6.45) is -3.17. The molecule has 0 aliphatic rings. The zero-order valence-electron chi connectivity index (χ0n) is 7.59. The van der Waals surface area contributed by atoms with Crippen LogP contribution in [0.2, 0.25) is 5.02 Å². The molecule has 86 valence electrons. The fourth-order valence-corrected chi connectivity index (χ4v) is 1.48. The van der Waals surface area contributed by atoms with Crippen molar-refractivity contribution in [2.24, 2.45) is 5.73 Å². The lowest BCUT2D eigenvalue weighted by atomic mass is 10.0. The summed E-state index contributed by atoms with van der Waals surface area (Å²) in [4.78, 5) is 0. The van der Waals surface area contributed by atoms with Crippen molar-refractivity contribution in [3.8, 4) is 0 Å². The summed E-state index contributed by atoms with van der Waals surface area (Å²) in [5.74, 6) is -0.648. The second-order valence-corrected chi connectivity index (χ2v) is 3.28. The van der Waals surface area contributed by atoms with Gasteiger partial charge in [-0.1, -0.05) is 17.7 Å². The average Bonchev–Trinajstić information content (AvgIpc) is 2.01. The molecule has 0 radical (unpaired) electrons. The Morgan fingerprint density at radius 1 is 1.33 bits per heavy atom. The fraction of sp³-hybridized carbons (Fsp3) is 0.333. The molecule has 1 aromatic carbocycles. The summed E-state index contributed by atoms with van der Waals surface area (Å²) in [5.41, 5.74) is 5.35. The van der Waals surface area contributed by atoms with Crippen LogP contribution < -0.4 is 5.73 Å². The van der Waals surface area contributed by atoms with Crippen LogP contribution in [0, 0.1) is 5.82 Å². The Morgan fingerprint density at radius 2 is 1.93 bits per heavy atom. The molecule has 1 aromatic rings. The Bertz CT molecular complexity index is 300. The number of hydrogen-bond donors (Lipinski definition) is 1. The van der Waals surface area contributed by atoms with E-state index in [2.05, 4.69) is 0 Å². The first-order valence-electron chi connectivity index (χ1n) is 4.00. The normalized spacial score (nSPS) is 12.4. The van der Waals surface area contributed by atoms with Crippen molar-refractivity contribution >= 4 is 24.0 Å². The summed E-state index contributed by atoms with van der Waals surface area (Å²) in [6.45, 7) is 0. The number of halogens is 5. The van der Waals surface area contributed by atoms with E-state index >= 15 is 0 Å². The first kappa shape index (κ1) is 14.6. The molecule has 0 heterocycles. The number of rotatable bonds is 3. The largest absolute Gasteiger partial charge is 0.324 e. The van der Waals surface area contributed by atoms with E-state index < -0.39 is 24.7 Å². The van der Waals surface area contributed by atoms with Gasteiger partial charge in [0.25, 0.3) is 0 Å². The molecule has 2 N–H and O–H groups in total. The maximum atomic E-state index is 13.1. The van der Waals surface area contributed by atoms with Crippen molar-refractivity contribution in [2.75, 3.05) is 0 Å². The summed E-state index contributed by atoms with van der Waals surface area (Å²) in [5, 5.41) is 0.0816. The lowest BCUT2D eigenvalue weighted by Gasteiger charge is -2.13. The molecule has 0 bridgehead atoms. The summed E-state index contributed by atoms with van der Waals surface area (Å²) in [6, 6.07) is 2.90. The molecule has 0 aliphatic heterocycles. The minimum absolute atomic E-state index is 0. The molecule has 0 saturated carbocycles. The first-order valence-corrected chi connectivity index (χ1v) is 4.37. The highest BCUT2D eigenvalue weighted by molar-refractivity contribution is 6.31. The van der Waals surface area contributed by atoms with Crippen LogP contribution in [-0.2, 0) is 0 Å². The Labute approximate surface area is 96.8 Å². The zero-order valence-corrected chi connectivity index (χ0v) is 9.16. The van der Waals surface area contributed by atoms with Gasteiger partial charge in [-0.25, -0.2) is 13.2 Å². The van der Waals surface area contributed by atoms with E-state index in [-0.39, 0.29) is 23.0 Å². The summed E-state index contributed by atoms with van der Waals surface area (Å²) < 4.78 is 37.1. The first-order chi connectivity index (χ1) is 6.52. The number of benzene rings is 1. The number of hydrogen-bond acceptors (Lipinski definition) is 1. The van der Waals surface area contributed by atoms with Gasteiger partial charge < -0.3 is 5.73 Å². The highest BCUT2D eigenvalue weighted by Crippen LogP contribution is 2.27. The molecule has 15 heavy (non-hydrogen) atoms. The predicted molar refractivity (Wildman–Crippen MR) is 56.2 cm³/mol. The maximum absolute atomic E-state index is 13.1. The monoisotopic (exact) mass is 259 g/mol. The van der Waals surface area contributed by atoms with Crippen LogP contribution in [0.25, 0.3) is 0 Å². The quantitative estimate of drug-likeness (QED) is 0.883. The lowest BCUT2D eigenvalue weighted by Crippen LogP contribution is -2.16. The van der Waals surface area contributed by atoms with E-state index in [1.165, 1.54) is 12.1 Å². The fourth-order valence-electron chi connectivity index (χ4n) is 1.17. The van der Waals surface area contributed by atoms with Crippen LogP contribution in [0.1, 0.15) is 18.0 Å². The molecule has 0 fully saturated rings. The second-order valence-electron chi connectivity index (χ2n) is 2.87. The van der Waals surface area contributed by atoms with Gasteiger partial charge in [0.05, 0.1) is 0 Å². The smallest absolute Gasteiger partial charge is 0.240 e. The van der Waals surface area contributed by atoms with Gasteiger partial charge in [0.1, 0.15) is 5.82 Å². The lowest BCUT2D eigenvalue weighted by molar-refractivity contribution is 0.128. The highest BCUT2D eigenvalue weighted by atomic mass is 35.5. The molecular formula is C9H10Cl2F3N. The van der Waals surface area contributed by atoms with Crippen molar-refractivity contribution in [3.63, 3.8) is 0 Å². The average molecular weight is 260 g/mol. The zero-order chi connectivity index (χ0) is 10.7. The van der Waals surface area contributed by atoms with E-state index in [1.807, 2.05) is 0 Å². The van der Waals surface area contributed by atoms with Gasteiger partial charge in [-0.05, 0) is 12.1 Å². The Hall–Kier alpha value is -0.450. The standard InChI is InChI=1S/C9H9ClF3N.ClH/c10-5-2-1-3-6(11)9(5)7(14)4-8(12)13;/h1-3,7-8H,4,14H2;1H/t7-;/m1./s1. The van der Waals surface area contributed by atoms with Crippen molar-refractivity contribution in [1.82, 2.24) is 0 Å². The number of alkyl halides is 2. The maximum Gasteiger partial charge on any atom is 0.240 e. The van der Waals surface area contributed by atoms with E-state index in [9.17, 15) is 13.2 Å². The molecule has 0 aromatic heterocycles. The topological polar surface area (TPSA) is 26.0 Å². The van der Waals surface area contributed by atoms with Crippen LogP contribution in [-0.4, -0.2) is 6.43 Å². The van der Waals surface area contributed by atoms with Crippen molar-refractivity contribution in [3.05, 3.63) is 34.6 Å². The van der Waals surface area contributed by atoms with Gasteiger partial charge >= 0.3 is 0 Å². The van der Waals surface area contributed by atoms with Gasteiger partial charge in [-0.3, -0.25) is 0 Å². The minimum Gasteiger partial charge on any atom is -0.324 e. The van der Waals surface area contributed by atoms with Crippen molar-refractivity contribution in [2.45, 2.75) is 18.9 Å². The molecule has 1 atom stereocenters. The molecule has 0 saturated heterocycles. The molecule has 1 rings (SSSR count). The Morgan fingerprint density at radius 3 is 2.40 bits per heavy atom. The van der Waals surface area contributed by atoms with E-state index in [0.717, 1.165) is 6.07 Å². The van der Waals surface area contributed by atoms with Crippen LogP contribution in [0.4, 0.5) is 13.2 Å². The minimum atomic E-state index is -2.57. The van der Waals surface area contributed by atoms with Gasteiger partial charge in [0, 0.05) is 23.0 Å². The SMILES string of the molecule is Cl.N[C@H](CC(F)F)c1c(F)cccc1Cl. The number of nitrogens with two attached hydrogens (primary N) is 1. The van der Waals surface area contributed by atoms with Crippen LogP contribution in [0.15, 0.2) is 18.2 Å². The van der Waals surface area contributed by atoms with Gasteiger partial charge in [0.2, 0.25) is 6.43 Å². The molecule has 6 heteroatoms. The molecular weight excluding hydrogens is 250 g/mol. The molecule has 0 aliphatic carbocycles. The third-order valence-electron chi connectivity index (χ3n) is 1.80. The van der Waals surface area contributed by atoms with E-state index in [0.29, 0.717) is 0 Å². The molecule has 0 unspecified atom stereocenters. The third kappa shape index (κ3) is 3.89. The third-order valence-corrected chi connectivity index (χ3v) is 2.13. The summed E-state index contributed by atoms with van der Waals surface area (Å²) in [7, 11) is 0. The van der Waals surface area contributed by atoms with Crippen molar-refractivity contribution in [1.29, 1.82) is 0 Å². The predicted octanol–water partition coefficient (Wildman–Crippen LogP) is 3.56. The van der Waals surface area contributed by atoms with Gasteiger partial charge in [-0.15, -0.1) is 12.4 Å². The van der Waals surface area contributed by atoms with E-state index in [1.54, 1.807) is 0 Å². The second kappa shape index (κ2) is 6.20. The van der Waals surface area contributed by atoms with Gasteiger partial charge in [0.15, 0.2) is 0 Å². The Kier molecular flexibility index (Phi) is 6.02. The summed E-state index contributed by atoms with van der Waals surface area (Å²) >= 11 is 5.64.